The lowest BCUT2D eigenvalue weighted by molar-refractivity contribution is 0.532. The fourth-order valence-electron chi connectivity index (χ4n) is 3.60. The van der Waals surface area contributed by atoms with Crippen LogP contribution in [0.3, 0.4) is 0 Å². The van der Waals surface area contributed by atoms with E-state index >= 15 is 0 Å². The van der Waals surface area contributed by atoms with Crippen molar-refractivity contribution in [3.05, 3.63) is 53.6 Å². The van der Waals surface area contributed by atoms with Gasteiger partial charge < -0.3 is 4.57 Å². The first-order valence-electron chi connectivity index (χ1n) is 10.8. The normalized spacial score (nSPS) is 11.4. The third kappa shape index (κ3) is 7.35. The van der Waals surface area contributed by atoms with Crippen LogP contribution in [-0.2, 0) is 19.4 Å². The molecule has 0 unspecified atom stereocenters. The van der Waals surface area contributed by atoms with Crippen LogP contribution in [0.25, 0.3) is 0 Å². The molecule has 2 rings (SSSR count). The van der Waals surface area contributed by atoms with E-state index < -0.39 is 0 Å². The number of nitrogens with zero attached hydrogens (tertiary/aromatic N) is 2. The molecular weight excluding hydrogens is 316 g/mol. The van der Waals surface area contributed by atoms with Gasteiger partial charge in [-0.3, -0.25) is 0 Å². The van der Waals surface area contributed by atoms with Crippen molar-refractivity contribution < 1.29 is 0 Å². The molecule has 0 amide bonds. The van der Waals surface area contributed by atoms with Crippen molar-refractivity contribution in [1.29, 1.82) is 0 Å². The Morgan fingerprint density at radius 1 is 0.846 bits per heavy atom. The summed E-state index contributed by atoms with van der Waals surface area (Å²) in [5.41, 5.74) is 2.70. The van der Waals surface area contributed by atoms with Crippen LogP contribution in [0.5, 0.6) is 0 Å². The number of hydrogen-bond donors (Lipinski definition) is 0. The molecule has 0 spiro atoms. The van der Waals surface area contributed by atoms with Crippen LogP contribution in [0.4, 0.5) is 0 Å². The molecule has 0 saturated heterocycles. The van der Waals surface area contributed by atoms with Gasteiger partial charge in [-0.1, -0.05) is 89.6 Å². The quantitative estimate of drug-likeness (QED) is 0.356. The fourth-order valence-corrected chi connectivity index (χ4v) is 3.60. The number of aromatic nitrogens is 2. The van der Waals surface area contributed by atoms with E-state index in [4.69, 9.17) is 4.98 Å². The summed E-state index contributed by atoms with van der Waals surface area (Å²) in [5.74, 6) is 1.77. The first kappa shape index (κ1) is 20.7. The van der Waals surface area contributed by atoms with Crippen LogP contribution in [0.1, 0.15) is 95.1 Å². The minimum Gasteiger partial charge on any atom is -0.334 e. The first-order valence-corrected chi connectivity index (χ1v) is 10.8. The van der Waals surface area contributed by atoms with E-state index in [1.165, 1.54) is 68.4 Å². The van der Waals surface area contributed by atoms with Gasteiger partial charge in [-0.25, -0.2) is 4.98 Å². The van der Waals surface area contributed by atoms with Crippen LogP contribution in [0.15, 0.2) is 36.5 Å². The SMILES string of the molecule is CCCCCCCCCn1cc(CCCc2ccccc2)nc1C(C)C. The molecule has 0 fully saturated rings. The van der Waals surface area contributed by atoms with Crippen LogP contribution in [0.2, 0.25) is 0 Å². The molecule has 144 valence electrons. The summed E-state index contributed by atoms with van der Waals surface area (Å²) in [4.78, 5) is 4.94. The molecule has 0 N–H and O–H groups in total. The molecule has 0 aliphatic heterocycles. The Hall–Kier alpha value is -1.57. The van der Waals surface area contributed by atoms with Crippen LogP contribution < -0.4 is 0 Å². The Morgan fingerprint density at radius 3 is 2.23 bits per heavy atom. The van der Waals surface area contributed by atoms with Gasteiger partial charge >= 0.3 is 0 Å². The molecule has 0 bridgehead atoms. The van der Waals surface area contributed by atoms with E-state index in [0.717, 1.165) is 19.4 Å². The summed E-state index contributed by atoms with van der Waals surface area (Å²) in [7, 11) is 0. The number of aryl methyl sites for hydroxylation is 3. The zero-order chi connectivity index (χ0) is 18.6. The van der Waals surface area contributed by atoms with Gasteiger partial charge in [-0.15, -0.1) is 0 Å². The lowest BCUT2D eigenvalue weighted by Gasteiger charge is -2.09. The predicted molar refractivity (Wildman–Crippen MR) is 113 cm³/mol. The minimum atomic E-state index is 0.502. The highest BCUT2D eigenvalue weighted by atomic mass is 15.1. The molecule has 0 saturated carbocycles. The second-order valence-electron chi connectivity index (χ2n) is 7.90. The Morgan fingerprint density at radius 2 is 1.54 bits per heavy atom. The van der Waals surface area contributed by atoms with E-state index in [9.17, 15) is 0 Å². The van der Waals surface area contributed by atoms with Gasteiger partial charge in [0, 0.05) is 18.7 Å². The van der Waals surface area contributed by atoms with Gasteiger partial charge in [0.1, 0.15) is 5.82 Å². The smallest absolute Gasteiger partial charge is 0.111 e. The first-order chi connectivity index (χ1) is 12.7. The Kier molecular flexibility index (Phi) is 9.52. The molecule has 26 heavy (non-hydrogen) atoms. The maximum absolute atomic E-state index is 4.94. The number of benzene rings is 1. The third-order valence-corrected chi connectivity index (χ3v) is 5.12. The molecule has 1 aromatic carbocycles. The second-order valence-corrected chi connectivity index (χ2v) is 7.90. The number of hydrogen-bond acceptors (Lipinski definition) is 1. The maximum atomic E-state index is 4.94. The molecule has 2 aromatic rings. The van der Waals surface area contributed by atoms with Crippen LogP contribution in [0, 0.1) is 0 Å². The minimum absolute atomic E-state index is 0.502. The van der Waals surface area contributed by atoms with E-state index in [0.29, 0.717) is 5.92 Å². The number of imidazole rings is 1. The third-order valence-electron chi connectivity index (χ3n) is 5.12. The van der Waals surface area contributed by atoms with Crippen LogP contribution in [-0.4, -0.2) is 9.55 Å². The van der Waals surface area contributed by atoms with Gasteiger partial charge in [-0.2, -0.15) is 0 Å². The summed E-state index contributed by atoms with van der Waals surface area (Å²) in [5, 5.41) is 0. The highest BCUT2D eigenvalue weighted by Crippen LogP contribution is 2.18. The molecule has 1 heterocycles. The van der Waals surface area contributed by atoms with Crippen molar-refractivity contribution in [2.24, 2.45) is 0 Å². The average Bonchev–Trinajstić information content (AvgIpc) is 3.05. The van der Waals surface area contributed by atoms with E-state index in [-0.39, 0.29) is 0 Å². The monoisotopic (exact) mass is 354 g/mol. The van der Waals surface area contributed by atoms with Crippen molar-refractivity contribution in [2.75, 3.05) is 0 Å². The average molecular weight is 355 g/mol. The van der Waals surface area contributed by atoms with E-state index in [1.54, 1.807) is 0 Å². The second kappa shape index (κ2) is 11.9. The van der Waals surface area contributed by atoms with Gasteiger partial charge in [0.25, 0.3) is 0 Å². The lowest BCUT2D eigenvalue weighted by atomic mass is 10.1. The fraction of sp³-hybridized carbons (Fsp3) is 0.625. The highest BCUT2D eigenvalue weighted by molar-refractivity contribution is 5.15. The summed E-state index contributed by atoms with van der Waals surface area (Å²) in [6.07, 6.45) is 15.3. The molecule has 1 aromatic heterocycles. The zero-order valence-electron chi connectivity index (χ0n) is 17.2. The van der Waals surface area contributed by atoms with E-state index in [2.05, 4.69) is 61.9 Å². The molecular formula is C24H38N2. The lowest BCUT2D eigenvalue weighted by Crippen LogP contribution is -2.04. The summed E-state index contributed by atoms with van der Waals surface area (Å²) >= 11 is 0. The molecule has 0 radical (unpaired) electrons. The summed E-state index contributed by atoms with van der Waals surface area (Å²) < 4.78 is 2.43. The van der Waals surface area contributed by atoms with Crippen molar-refractivity contribution in [3.63, 3.8) is 0 Å². The van der Waals surface area contributed by atoms with Gasteiger partial charge in [0.2, 0.25) is 0 Å². The van der Waals surface area contributed by atoms with Crippen molar-refractivity contribution in [3.8, 4) is 0 Å². The Balaban J connectivity index is 1.77. The van der Waals surface area contributed by atoms with Crippen molar-refractivity contribution >= 4 is 0 Å². The summed E-state index contributed by atoms with van der Waals surface area (Å²) in [6, 6.07) is 10.8. The molecule has 0 atom stereocenters. The largest absolute Gasteiger partial charge is 0.334 e. The Labute approximate surface area is 161 Å². The molecule has 2 heteroatoms. The summed E-state index contributed by atoms with van der Waals surface area (Å²) in [6.45, 7) is 7.94. The molecule has 0 aliphatic carbocycles. The van der Waals surface area contributed by atoms with E-state index in [1.807, 2.05) is 0 Å². The maximum Gasteiger partial charge on any atom is 0.111 e. The van der Waals surface area contributed by atoms with Gasteiger partial charge in [-0.05, 0) is 31.2 Å². The van der Waals surface area contributed by atoms with Crippen LogP contribution >= 0.6 is 0 Å². The molecule has 2 nitrogen and oxygen atoms in total. The molecule has 0 aliphatic rings. The standard InChI is InChI=1S/C24H38N2/c1-4-5-6-7-8-9-13-19-26-20-23(25-24(26)21(2)3)18-14-17-22-15-11-10-12-16-22/h10-12,15-16,20-21H,4-9,13-14,17-19H2,1-3H3. The van der Waals surface area contributed by atoms with Gasteiger partial charge in [0.15, 0.2) is 0 Å². The van der Waals surface area contributed by atoms with Crippen molar-refractivity contribution in [2.45, 2.75) is 97.4 Å². The topological polar surface area (TPSA) is 17.8 Å². The number of rotatable bonds is 13. The zero-order valence-corrected chi connectivity index (χ0v) is 17.2. The predicted octanol–water partition coefficient (Wildman–Crippen LogP) is 6.93. The Bertz CT molecular complexity index is 598. The van der Waals surface area contributed by atoms with Crippen molar-refractivity contribution in [1.82, 2.24) is 9.55 Å². The number of unbranched alkanes of at least 4 members (excludes halogenated alkanes) is 6. The highest BCUT2D eigenvalue weighted by Gasteiger charge is 2.11. The van der Waals surface area contributed by atoms with Gasteiger partial charge in [0.05, 0.1) is 5.69 Å².